The maximum absolute atomic E-state index is 13.4. The van der Waals surface area contributed by atoms with Gasteiger partial charge in [0.05, 0.1) is 16.4 Å². The standard InChI is InChI=1S/C13H8ClF3N2O/c14-8-2-1-3-10(17)12(8)19-13(20)18-11-6-7(15)4-5-9(11)16/h1-6H,(H2,18,19,20). The number of urea groups is 1. The number of para-hydroxylation sites is 1. The topological polar surface area (TPSA) is 41.1 Å². The highest BCUT2D eigenvalue weighted by atomic mass is 35.5. The molecular weight excluding hydrogens is 293 g/mol. The first kappa shape index (κ1) is 14.2. The molecule has 104 valence electrons. The molecule has 7 heteroatoms. The number of rotatable bonds is 2. The second-order valence-corrected chi connectivity index (χ2v) is 4.21. The van der Waals surface area contributed by atoms with Gasteiger partial charge in [-0.1, -0.05) is 17.7 Å². The lowest BCUT2D eigenvalue weighted by Crippen LogP contribution is -2.21. The van der Waals surface area contributed by atoms with Gasteiger partial charge in [-0.3, -0.25) is 0 Å². The molecule has 0 bridgehead atoms. The molecule has 0 aliphatic heterocycles. The van der Waals surface area contributed by atoms with Crippen molar-refractivity contribution in [2.24, 2.45) is 0 Å². The zero-order chi connectivity index (χ0) is 14.7. The Balaban J connectivity index is 2.15. The molecule has 0 unspecified atom stereocenters. The molecule has 0 spiro atoms. The van der Waals surface area contributed by atoms with E-state index in [4.69, 9.17) is 11.6 Å². The fourth-order valence-corrected chi connectivity index (χ4v) is 1.69. The van der Waals surface area contributed by atoms with Crippen molar-refractivity contribution >= 4 is 29.0 Å². The van der Waals surface area contributed by atoms with Crippen LogP contribution in [0.2, 0.25) is 5.02 Å². The van der Waals surface area contributed by atoms with E-state index < -0.39 is 23.5 Å². The SMILES string of the molecule is O=C(Nc1cc(F)ccc1F)Nc1c(F)cccc1Cl. The number of nitrogens with one attached hydrogen (secondary N) is 2. The van der Waals surface area contributed by atoms with Gasteiger partial charge in [-0.15, -0.1) is 0 Å². The summed E-state index contributed by atoms with van der Waals surface area (Å²) in [5.74, 6) is -2.28. The monoisotopic (exact) mass is 300 g/mol. The van der Waals surface area contributed by atoms with Gasteiger partial charge >= 0.3 is 6.03 Å². The largest absolute Gasteiger partial charge is 0.323 e. The van der Waals surface area contributed by atoms with Crippen molar-refractivity contribution in [2.45, 2.75) is 0 Å². The van der Waals surface area contributed by atoms with E-state index in [0.29, 0.717) is 0 Å². The average molecular weight is 301 g/mol. The molecule has 2 N–H and O–H groups in total. The zero-order valence-electron chi connectivity index (χ0n) is 9.88. The summed E-state index contributed by atoms with van der Waals surface area (Å²) < 4.78 is 39.7. The molecule has 2 aromatic rings. The zero-order valence-corrected chi connectivity index (χ0v) is 10.6. The van der Waals surface area contributed by atoms with Crippen LogP contribution < -0.4 is 10.6 Å². The van der Waals surface area contributed by atoms with E-state index in [2.05, 4.69) is 10.6 Å². The Bertz CT molecular complexity index is 644. The molecule has 2 rings (SSSR count). The predicted octanol–water partition coefficient (Wildman–Crippen LogP) is 4.40. The summed E-state index contributed by atoms with van der Waals surface area (Å²) in [7, 11) is 0. The third-order valence-corrected chi connectivity index (χ3v) is 2.69. The van der Waals surface area contributed by atoms with E-state index in [-0.39, 0.29) is 16.4 Å². The molecule has 0 aliphatic carbocycles. The summed E-state index contributed by atoms with van der Waals surface area (Å²) in [6.07, 6.45) is 0. The minimum absolute atomic E-state index is 0.0140. The normalized spacial score (nSPS) is 10.2. The van der Waals surface area contributed by atoms with Crippen LogP contribution in [0, 0.1) is 17.5 Å². The summed E-state index contributed by atoms with van der Waals surface area (Å²) in [5, 5.41) is 4.18. The minimum atomic E-state index is -0.943. The van der Waals surface area contributed by atoms with Gasteiger partial charge in [-0.25, -0.2) is 18.0 Å². The summed E-state index contributed by atoms with van der Waals surface area (Å²) in [5.41, 5.74) is -0.613. The average Bonchev–Trinajstić information content (AvgIpc) is 2.38. The van der Waals surface area contributed by atoms with Gasteiger partial charge in [0.1, 0.15) is 17.5 Å². The highest BCUT2D eigenvalue weighted by molar-refractivity contribution is 6.33. The van der Waals surface area contributed by atoms with Gasteiger partial charge in [0.2, 0.25) is 0 Å². The molecule has 0 aliphatic rings. The Kier molecular flexibility index (Phi) is 4.14. The molecular formula is C13H8ClF3N2O. The Morgan fingerprint density at radius 2 is 1.75 bits per heavy atom. The van der Waals surface area contributed by atoms with Crippen LogP contribution >= 0.6 is 11.6 Å². The van der Waals surface area contributed by atoms with Crippen LogP contribution in [0.5, 0.6) is 0 Å². The lowest BCUT2D eigenvalue weighted by Gasteiger charge is -2.10. The van der Waals surface area contributed by atoms with Gasteiger partial charge < -0.3 is 10.6 Å². The van der Waals surface area contributed by atoms with E-state index in [9.17, 15) is 18.0 Å². The van der Waals surface area contributed by atoms with Crippen LogP contribution in [-0.4, -0.2) is 6.03 Å². The van der Waals surface area contributed by atoms with Crippen molar-refractivity contribution < 1.29 is 18.0 Å². The van der Waals surface area contributed by atoms with Crippen molar-refractivity contribution in [1.29, 1.82) is 0 Å². The molecule has 0 fully saturated rings. The first-order chi connectivity index (χ1) is 9.47. The molecule has 0 aromatic heterocycles. The molecule has 2 aromatic carbocycles. The molecule has 0 saturated carbocycles. The number of halogens is 4. The summed E-state index contributed by atoms with van der Waals surface area (Å²) in [6, 6.07) is 5.48. The van der Waals surface area contributed by atoms with Crippen LogP contribution in [0.15, 0.2) is 36.4 Å². The fourth-order valence-electron chi connectivity index (χ4n) is 1.48. The first-order valence-corrected chi connectivity index (χ1v) is 5.82. The number of amides is 2. The van der Waals surface area contributed by atoms with Crippen LogP contribution in [0.1, 0.15) is 0 Å². The van der Waals surface area contributed by atoms with Crippen molar-refractivity contribution in [3.05, 3.63) is 58.9 Å². The third-order valence-electron chi connectivity index (χ3n) is 2.38. The molecule has 3 nitrogen and oxygen atoms in total. The quantitative estimate of drug-likeness (QED) is 0.848. The van der Waals surface area contributed by atoms with Crippen LogP contribution in [0.3, 0.4) is 0 Å². The van der Waals surface area contributed by atoms with E-state index in [1.807, 2.05) is 0 Å². The second kappa shape index (κ2) is 5.83. The van der Waals surface area contributed by atoms with Gasteiger partial charge in [0.15, 0.2) is 0 Å². The molecule has 20 heavy (non-hydrogen) atoms. The number of benzene rings is 2. The highest BCUT2D eigenvalue weighted by Gasteiger charge is 2.12. The molecule has 0 atom stereocenters. The number of hydrogen-bond donors (Lipinski definition) is 2. The van der Waals surface area contributed by atoms with E-state index in [1.165, 1.54) is 12.1 Å². The lowest BCUT2D eigenvalue weighted by molar-refractivity contribution is 0.262. The fraction of sp³-hybridized carbons (Fsp3) is 0. The molecule has 2 amide bonds. The first-order valence-electron chi connectivity index (χ1n) is 5.44. The maximum atomic E-state index is 13.4. The van der Waals surface area contributed by atoms with Crippen LogP contribution in [-0.2, 0) is 0 Å². The van der Waals surface area contributed by atoms with Crippen molar-refractivity contribution in [3.63, 3.8) is 0 Å². The molecule has 0 heterocycles. The minimum Gasteiger partial charge on any atom is -0.305 e. The Labute approximate surface area is 117 Å². The number of carbonyl (C=O) groups is 1. The Morgan fingerprint density at radius 3 is 2.45 bits per heavy atom. The van der Waals surface area contributed by atoms with Crippen molar-refractivity contribution in [2.75, 3.05) is 10.6 Å². The third kappa shape index (κ3) is 3.21. The van der Waals surface area contributed by atoms with E-state index in [0.717, 1.165) is 24.3 Å². The second-order valence-electron chi connectivity index (χ2n) is 3.80. The Hall–Kier alpha value is -2.21. The predicted molar refractivity (Wildman–Crippen MR) is 70.4 cm³/mol. The van der Waals surface area contributed by atoms with Crippen LogP contribution in [0.25, 0.3) is 0 Å². The van der Waals surface area contributed by atoms with E-state index >= 15 is 0 Å². The Morgan fingerprint density at radius 1 is 1.00 bits per heavy atom. The summed E-state index contributed by atoms with van der Waals surface area (Å²) in [6.45, 7) is 0. The van der Waals surface area contributed by atoms with Gasteiger partial charge in [-0.2, -0.15) is 0 Å². The van der Waals surface area contributed by atoms with E-state index in [1.54, 1.807) is 0 Å². The number of anilines is 2. The molecule has 0 radical (unpaired) electrons. The van der Waals surface area contributed by atoms with Gasteiger partial charge in [-0.05, 0) is 24.3 Å². The highest BCUT2D eigenvalue weighted by Crippen LogP contribution is 2.25. The van der Waals surface area contributed by atoms with Gasteiger partial charge in [0.25, 0.3) is 0 Å². The molecule has 0 saturated heterocycles. The summed E-state index contributed by atoms with van der Waals surface area (Å²) >= 11 is 5.72. The van der Waals surface area contributed by atoms with Crippen LogP contribution in [0.4, 0.5) is 29.3 Å². The lowest BCUT2D eigenvalue weighted by atomic mass is 10.3. The summed E-state index contributed by atoms with van der Waals surface area (Å²) in [4.78, 5) is 11.6. The van der Waals surface area contributed by atoms with Crippen molar-refractivity contribution in [1.82, 2.24) is 0 Å². The van der Waals surface area contributed by atoms with Gasteiger partial charge in [0, 0.05) is 6.07 Å². The maximum Gasteiger partial charge on any atom is 0.323 e. The number of carbonyl (C=O) groups excluding carboxylic acids is 1. The smallest absolute Gasteiger partial charge is 0.305 e. The van der Waals surface area contributed by atoms with Crippen molar-refractivity contribution in [3.8, 4) is 0 Å². The number of hydrogen-bond acceptors (Lipinski definition) is 1.